The van der Waals surface area contributed by atoms with Crippen molar-refractivity contribution in [1.29, 1.82) is 0 Å². The molecule has 1 aromatic heterocycles. The lowest BCUT2D eigenvalue weighted by Gasteiger charge is -2.14. The van der Waals surface area contributed by atoms with Crippen molar-refractivity contribution < 1.29 is 4.79 Å². The molecule has 7 nitrogen and oxygen atoms in total. The summed E-state index contributed by atoms with van der Waals surface area (Å²) in [7, 11) is 0. The van der Waals surface area contributed by atoms with E-state index in [2.05, 4.69) is 32.0 Å². The van der Waals surface area contributed by atoms with Gasteiger partial charge >= 0.3 is 0 Å². The van der Waals surface area contributed by atoms with Crippen LogP contribution in [0.15, 0.2) is 48.8 Å². The number of nitrogens with zero attached hydrogens (tertiary/aromatic N) is 2. The highest BCUT2D eigenvalue weighted by Gasteiger charge is 2.10. The van der Waals surface area contributed by atoms with Crippen molar-refractivity contribution in [2.75, 3.05) is 21.7 Å². The minimum Gasteiger partial charge on any atom is -0.393 e. The molecule has 0 saturated heterocycles. The molecule has 0 aliphatic rings. The van der Waals surface area contributed by atoms with Gasteiger partial charge < -0.3 is 21.7 Å². The van der Waals surface area contributed by atoms with Gasteiger partial charge in [0.05, 0.1) is 0 Å². The molecule has 7 heteroatoms. The highest BCUT2D eigenvalue weighted by atomic mass is 16.1. The van der Waals surface area contributed by atoms with Gasteiger partial charge in [0.15, 0.2) is 11.6 Å². The normalized spacial score (nSPS) is 10.3. The lowest BCUT2D eigenvalue weighted by atomic mass is 10.1. The maximum Gasteiger partial charge on any atom is 0.221 e. The van der Waals surface area contributed by atoms with E-state index in [1.54, 1.807) is 12.1 Å². The number of carbonyl (C=O) groups is 1. The van der Waals surface area contributed by atoms with Gasteiger partial charge in [-0.15, -0.1) is 0 Å². The Hall–Kier alpha value is -3.61. The van der Waals surface area contributed by atoms with Crippen LogP contribution in [0.1, 0.15) is 18.1 Å². The largest absolute Gasteiger partial charge is 0.393 e. The third kappa shape index (κ3) is 4.52. The van der Waals surface area contributed by atoms with Gasteiger partial charge in [-0.3, -0.25) is 4.79 Å². The molecular formula is C20H22N6O. The summed E-state index contributed by atoms with van der Waals surface area (Å²) in [6, 6.07) is 13.4. The number of nitrogens with one attached hydrogen (secondary N) is 3. The fourth-order valence-electron chi connectivity index (χ4n) is 2.57. The average molecular weight is 362 g/mol. The van der Waals surface area contributed by atoms with E-state index >= 15 is 0 Å². The lowest BCUT2D eigenvalue weighted by Crippen LogP contribution is -2.07. The third-order valence-electron chi connectivity index (χ3n) is 4.00. The molecule has 1 heterocycles. The summed E-state index contributed by atoms with van der Waals surface area (Å²) in [6.45, 7) is 5.53. The number of aromatic nitrogens is 2. The zero-order valence-electron chi connectivity index (χ0n) is 15.5. The zero-order chi connectivity index (χ0) is 19.4. The molecule has 0 radical (unpaired) electrons. The van der Waals surface area contributed by atoms with Crippen LogP contribution in [0, 0.1) is 13.8 Å². The number of hydrogen-bond donors (Lipinski definition) is 4. The van der Waals surface area contributed by atoms with Gasteiger partial charge in [0.2, 0.25) is 5.91 Å². The maximum atomic E-state index is 11.1. The van der Waals surface area contributed by atoms with Crippen molar-refractivity contribution in [3.8, 4) is 0 Å². The van der Waals surface area contributed by atoms with Gasteiger partial charge in [0.25, 0.3) is 0 Å². The molecule has 2 aromatic carbocycles. The average Bonchev–Trinajstić information content (AvgIpc) is 2.62. The van der Waals surface area contributed by atoms with Crippen molar-refractivity contribution in [2.45, 2.75) is 20.8 Å². The van der Waals surface area contributed by atoms with Crippen LogP contribution >= 0.6 is 0 Å². The van der Waals surface area contributed by atoms with Crippen LogP contribution in [0.5, 0.6) is 0 Å². The lowest BCUT2D eigenvalue weighted by molar-refractivity contribution is -0.114. The van der Waals surface area contributed by atoms with Crippen LogP contribution in [0.4, 0.5) is 34.4 Å². The summed E-state index contributed by atoms with van der Waals surface area (Å²) in [4.78, 5) is 19.6. The summed E-state index contributed by atoms with van der Waals surface area (Å²) in [5, 5.41) is 9.18. The topological polar surface area (TPSA) is 105 Å². The fraction of sp³-hybridized carbons (Fsp3) is 0.150. The Balaban J connectivity index is 1.80. The number of carbonyl (C=O) groups excluding carboxylic acids is 1. The van der Waals surface area contributed by atoms with Gasteiger partial charge in [-0.1, -0.05) is 12.1 Å². The highest BCUT2D eigenvalue weighted by molar-refractivity contribution is 5.89. The number of nitrogens with two attached hydrogens (primary N) is 1. The molecule has 138 valence electrons. The molecule has 1 amide bonds. The second-order valence-corrected chi connectivity index (χ2v) is 6.31. The second-order valence-electron chi connectivity index (χ2n) is 6.31. The van der Waals surface area contributed by atoms with Crippen LogP contribution in [0.3, 0.4) is 0 Å². The van der Waals surface area contributed by atoms with Crippen molar-refractivity contribution in [3.05, 3.63) is 59.9 Å². The first-order chi connectivity index (χ1) is 12.9. The SMILES string of the molecule is CC(=O)Nc1ccc(Nc2ncnc(Nc3cc(C)ccc3C)c2N)cc1. The smallest absolute Gasteiger partial charge is 0.221 e. The second kappa shape index (κ2) is 7.74. The Labute approximate surface area is 158 Å². The summed E-state index contributed by atoms with van der Waals surface area (Å²) in [5.74, 6) is 0.930. The van der Waals surface area contributed by atoms with Gasteiger partial charge in [0, 0.05) is 24.0 Å². The molecule has 0 unspecified atom stereocenters. The number of nitrogen functional groups attached to an aromatic ring is 1. The van der Waals surface area contributed by atoms with E-state index < -0.39 is 0 Å². The fourth-order valence-corrected chi connectivity index (χ4v) is 2.57. The molecule has 0 spiro atoms. The summed E-state index contributed by atoms with van der Waals surface area (Å²) >= 11 is 0. The number of rotatable bonds is 5. The third-order valence-corrected chi connectivity index (χ3v) is 4.00. The molecule has 5 N–H and O–H groups in total. The quantitative estimate of drug-likeness (QED) is 0.544. The molecule has 0 aliphatic heterocycles. The van der Waals surface area contributed by atoms with Crippen LogP contribution in [-0.4, -0.2) is 15.9 Å². The monoisotopic (exact) mass is 362 g/mol. The number of amides is 1. The van der Waals surface area contributed by atoms with E-state index in [4.69, 9.17) is 5.73 Å². The molecule has 0 bridgehead atoms. The zero-order valence-corrected chi connectivity index (χ0v) is 15.5. The van der Waals surface area contributed by atoms with Gasteiger partial charge in [-0.25, -0.2) is 9.97 Å². The minimum atomic E-state index is -0.113. The van der Waals surface area contributed by atoms with Gasteiger partial charge in [-0.05, 0) is 55.3 Å². The van der Waals surface area contributed by atoms with E-state index in [9.17, 15) is 4.79 Å². The Kier molecular flexibility index (Phi) is 5.21. The molecular weight excluding hydrogens is 340 g/mol. The highest BCUT2D eigenvalue weighted by Crippen LogP contribution is 2.29. The van der Waals surface area contributed by atoms with E-state index in [0.29, 0.717) is 17.3 Å². The standard InChI is InChI=1S/C20H22N6O/c1-12-4-5-13(2)17(10-12)26-20-18(21)19(22-11-23-20)25-16-8-6-15(7-9-16)24-14(3)27/h4-11H,21H2,1-3H3,(H,24,27)(H2,22,23,25,26). The Bertz CT molecular complexity index is 969. The molecule has 3 rings (SSSR count). The van der Waals surface area contributed by atoms with Crippen LogP contribution in [-0.2, 0) is 4.79 Å². The van der Waals surface area contributed by atoms with E-state index in [1.165, 1.54) is 13.3 Å². The van der Waals surface area contributed by atoms with E-state index in [0.717, 1.165) is 28.2 Å². The first-order valence-corrected chi connectivity index (χ1v) is 8.52. The van der Waals surface area contributed by atoms with Gasteiger partial charge in [-0.2, -0.15) is 0 Å². The molecule has 0 saturated carbocycles. The number of benzene rings is 2. The van der Waals surface area contributed by atoms with Crippen molar-refractivity contribution in [2.24, 2.45) is 0 Å². The van der Waals surface area contributed by atoms with Crippen molar-refractivity contribution >= 4 is 40.3 Å². The first-order valence-electron chi connectivity index (χ1n) is 8.52. The van der Waals surface area contributed by atoms with Crippen LogP contribution < -0.4 is 21.7 Å². The van der Waals surface area contributed by atoms with Gasteiger partial charge in [0.1, 0.15) is 12.0 Å². The van der Waals surface area contributed by atoms with Crippen LogP contribution in [0.2, 0.25) is 0 Å². The Morgan fingerprint density at radius 3 is 2.22 bits per heavy atom. The Morgan fingerprint density at radius 1 is 0.926 bits per heavy atom. The van der Waals surface area contributed by atoms with E-state index in [-0.39, 0.29) is 5.91 Å². The molecule has 0 atom stereocenters. The number of hydrogen-bond acceptors (Lipinski definition) is 6. The summed E-state index contributed by atoms with van der Waals surface area (Å²) in [6.07, 6.45) is 1.46. The molecule has 27 heavy (non-hydrogen) atoms. The van der Waals surface area contributed by atoms with Crippen LogP contribution in [0.25, 0.3) is 0 Å². The molecule has 0 aliphatic carbocycles. The predicted molar refractivity (Wildman–Crippen MR) is 110 cm³/mol. The number of aryl methyl sites for hydroxylation is 2. The van der Waals surface area contributed by atoms with Crippen molar-refractivity contribution in [3.63, 3.8) is 0 Å². The minimum absolute atomic E-state index is 0.113. The molecule has 0 fully saturated rings. The van der Waals surface area contributed by atoms with E-state index in [1.807, 2.05) is 38.1 Å². The molecule has 3 aromatic rings. The summed E-state index contributed by atoms with van der Waals surface area (Å²) < 4.78 is 0. The summed E-state index contributed by atoms with van der Waals surface area (Å²) in [5.41, 5.74) is 11.4. The number of anilines is 6. The van der Waals surface area contributed by atoms with Crippen molar-refractivity contribution in [1.82, 2.24) is 9.97 Å². The maximum absolute atomic E-state index is 11.1. The first kappa shape index (κ1) is 18.2. The predicted octanol–water partition coefficient (Wildman–Crippen LogP) is 4.12. The Morgan fingerprint density at radius 2 is 1.56 bits per heavy atom.